The molecule has 0 radical (unpaired) electrons. The van der Waals surface area contributed by atoms with Gasteiger partial charge in [0.15, 0.2) is 0 Å². The lowest BCUT2D eigenvalue weighted by Gasteiger charge is -2.43. The first-order valence-electron chi connectivity index (χ1n) is 4.90. The second-order valence-electron chi connectivity index (χ2n) is 4.65. The molecule has 2 rings (SSSR count). The fourth-order valence-electron chi connectivity index (χ4n) is 2.63. The van der Waals surface area contributed by atoms with E-state index in [1.165, 1.54) is 0 Å². The van der Waals surface area contributed by atoms with Gasteiger partial charge in [-0.15, -0.1) is 0 Å². The average molecular weight is 170 g/mol. The van der Waals surface area contributed by atoms with Crippen LogP contribution in [0.4, 0.5) is 0 Å². The summed E-state index contributed by atoms with van der Waals surface area (Å²) in [5, 5.41) is 9.91. The van der Waals surface area contributed by atoms with E-state index < -0.39 is 0 Å². The van der Waals surface area contributed by atoms with Gasteiger partial charge in [-0.25, -0.2) is 0 Å². The Morgan fingerprint density at radius 1 is 1.42 bits per heavy atom. The number of aliphatic hydroxyl groups is 1. The van der Waals surface area contributed by atoms with Crippen molar-refractivity contribution in [2.24, 2.45) is 11.8 Å². The summed E-state index contributed by atoms with van der Waals surface area (Å²) in [5.41, 5.74) is -0.0450. The van der Waals surface area contributed by atoms with Crippen LogP contribution < -0.4 is 0 Å². The Morgan fingerprint density at radius 2 is 2.08 bits per heavy atom. The molecule has 2 fully saturated rings. The van der Waals surface area contributed by atoms with Crippen LogP contribution in [-0.2, 0) is 4.74 Å². The summed E-state index contributed by atoms with van der Waals surface area (Å²) in [6.07, 6.45) is 2.37. The molecule has 12 heavy (non-hydrogen) atoms. The third kappa shape index (κ3) is 0.944. The molecule has 1 N–H and O–H groups in total. The molecule has 5 atom stereocenters. The predicted octanol–water partition coefficient (Wildman–Crippen LogP) is 1.57. The van der Waals surface area contributed by atoms with Crippen molar-refractivity contribution in [3.05, 3.63) is 0 Å². The van der Waals surface area contributed by atoms with Crippen molar-refractivity contribution in [3.63, 3.8) is 0 Å². The van der Waals surface area contributed by atoms with E-state index in [1.54, 1.807) is 0 Å². The molecule has 2 heteroatoms. The smallest absolute Gasteiger partial charge is 0.0709 e. The van der Waals surface area contributed by atoms with Gasteiger partial charge in [0.05, 0.1) is 17.8 Å². The predicted molar refractivity (Wildman–Crippen MR) is 46.8 cm³/mol. The molecule has 0 saturated carbocycles. The third-order valence-electron chi connectivity index (χ3n) is 3.95. The highest BCUT2D eigenvalue weighted by Gasteiger charge is 2.51. The summed E-state index contributed by atoms with van der Waals surface area (Å²) in [4.78, 5) is 0. The van der Waals surface area contributed by atoms with Crippen LogP contribution in [0.5, 0.6) is 0 Å². The first-order chi connectivity index (χ1) is 5.54. The van der Waals surface area contributed by atoms with Crippen molar-refractivity contribution in [3.8, 4) is 0 Å². The molecule has 0 spiro atoms. The SMILES string of the molecule is C[C@@H]1C(O)[C@H](C)[C@]2(C)CC[C@H]1O2. The molecular formula is C10H18O2. The lowest BCUT2D eigenvalue weighted by molar-refractivity contribution is -0.175. The van der Waals surface area contributed by atoms with E-state index in [4.69, 9.17) is 4.74 Å². The van der Waals surface area contributed by atoms with Gasteiger partial charge in [0.25, 0.3) is 0 Å². The summed E-state index contributed by atoms with van der Waals surface area (Å²) in [5.74, 6) is 0.599. The number of hydrogen-bond donors (Lipinski definition) is 1. The molecule has 2 aliphatic rings. The van der Waals surface area contributed by atoms with Gasteiger partial charge in [-0.05, 0) is 19.8 Å². The Labute approximate surface area is 73.9 Å². The minimum Gasteiger partial charge on any atom is -0.392 e. The largest absolute Gasteiger partial charge is 0.392 e. The zero-order valence-electron chi connectivity index (χ0n) is 8.08. The van der Waals surface area contributed by atoms with Gasteiger partial charge in [0.2, 0.25) is 0 Å². The Bertz CT molecular complexity index is 192. The molecule has 2 heterocycles. The average Bonchev–Trinajstić information content (AvgIpc) is 2.41. The van der Waals surface area contributed by atoms with E-state index in [-0.39, 0.29) is 17.6 Å². The Balaban J connectivity index is 2.25. The molecule has 0 aromatic heterocycles. The monoisotopic (exact) mass is 170 g/mol. The lowest BCUT2D eigenvalue weighted by Crippen LogP contribution is -2.50. The minimum atomic E-state index is -0.170. The Morgan fingerprint density at radius 3 is 2.75 bits per heavy atom. The van der Waals surface area contributed by atoms with E-state index in [1.807, 2.05) is 0 Å². The van der Waals surface area contributed by atoms with Crippen molar-refractivity contribution in [1.29, 1.82) is 0 Å². The van der Waals surface area contributed by atoms with E-state index in [0.717, 1.165) is 12.8 Å². The number of ether oxygens (including phenoxy) is 1. The number of fused-ring (bicyclic) bond motifs is 2. The zero-order valence-corrected chi connectivity index (χ0v) is 8.08. The number of hydrogen-bond acceptors (Lipinski definition) is 2. The van der Waals surface area contributed by atoms with Crippen LogP contribution in [0.25, 0.3) is 0 Å². The molecule has 1 unspecified atom stereocenters. The van der Waals surface area contributed by atoms with Crippen LogP contribution in [0, 0.1) is 11.8 Å². The summed E-state index contributed by atoms with van der Waals surface area (Å²) in [7, 11) is 0. The fraction of sp³-hybridized carbons (Fsp3) is 1.00. The highest BCUT2D eigenvalue weighted by molar-refractivity contribution is 5.00. The summed E-state index contributed by atoms with van der Waals surface area (Å²) >= 11 is 0. The number of rotatable bonds is 0. The van der Waals surface area contributed by atoms with Gasteiger partial charge in [0, 0.05) is 11.8 Å². The van der Waals surface area contributed by atoms with E-state index >= 15 is 0 Å². The second-order valence-corrected chi connectivity index (χ2v) is 4.65. The van der Waals surface area contributed by atoms with Crippen LogP contribution in [0.1, 0.15) is 33.6 Å². The first-order valence-corrected chi connectivity index (χ1v) is 4.90. The van der Waals surface area contributed by atoms with Crippen LogP contribution in [0.15, 0.2) is 0 Å². The summed E-state index contributed by atoms with van der Waals surface area (Å²) in [6.45, 7) is 6.33. The molecule has 0 aromatic carbocycles. The molecule has 0 aliphatic carbocycles. The Kier molecular flexibility index (Phi) is 1.74. The minimum absolute atomic E-state index is 0.0450. The van der Waals surface area contributed by atoms with E-state index in [0.29, 0.717) is 12.0 Å². The van der Waals surface area contributed by atoms with Crippen LogP contribution in [0.3, 0.4) is 0 Å². The zero-order chi connectivity index (χ0) is 8.93. The van der Waals surface area contributed by atoms with Crippen LogP contribution >= 0.6 is 0 Å². The summed E-state index contributed by atoms with van der Waals surface area (Å²) in [6, 6.07) is 0. The van der Waals surface area contributed by atoms with Gasteiger partial charge >= 0.3 is 0 Å². The highest BCUT2D eigenvalue weighted by Crippen LogP contribution is 2.46. The van der Waals surface area contributed by atoms with Crippen molar-refractivity contribution in [1.82, 2.24) is 0 Å². The van der Waals surface area contributed by atoms with Crippen molar-refractivity contribution in [2.75, 3.05) is 0 Å². The molecule has 2 aliphatic heterocycles. The third-order valence-corrected chi connectivity index (χ3v) is 3.95. The lowest BCUT2D eigenvalue weighted by atomic mass is 9.80. The molecule has 70 valence electrons. The molecular weight excluding hydrogens is 152 g/mol. The quantitative estimate of drug-likeness (QED) is 0.598. The molecule has 2 bridgehead atoms. The maximum absolute atomic E-state index is 9.91. The molecule has 2 nitrogen and oxygen atoms in total. The molecule has 2 saturated heterocycles. The second kappa shape index (κ2) is 2.46. The topological polar surface area (TPSA) is 29.5 Å². The first kappa shape index (κ1) is 8.52. The van der Waals surface area contributed by atoms with Gasteiger partial charge in [0.1, 0.15) is 0 Å². The fourth-order valence-corrected chi connectivity index (χ4v) is 2.63. The highest BCUT2D eigenvalue weighted by atomic mass is 16.5. The maximum Gasteiger partial charge on any atom is 0.0709 e. The van der Waals surface area contributed by atoms with Gasteiger partial charge in [-0.2, -0.15) is 0 Å². The van der Waals surface area contributed by atoms with Gasteiger partial charge in [-0.1, -0.05) is 13.8 Å². The van der Waals surface area contributed by atoms with Crippen molar-refractivity contribution in [2.45, 2.75) is 51.4 Å². The number of aliphatic hydroxyl groups excluding tert-OH is 1. The molecule has 0 amide bonds. The standard InChI is InChI=1S/C10H18O2/c1-6-8-4-5-10(3,12-8)7(2)9(6)11/h6-9,11H,4-5H2,1-3H3/t6-,7-,8+,9?,10-/m0/s1. The van der Waals surface area contributed by atoms with E-state index in [2.05, 4.69) is 20.8 Å². The maximum atomic E-state index is 9.91. The normalized spacial score (nSPS) is 59.0. The van der Waals surface area contributed by atoms with Crippen LogP contribution in [-0.4, -0.2) is 22.9 Å². The van der Waals surface area contributed by atoms with Gasteiger partial charge < -0.3 is 9.84 Å². The van der Waals surface area contributed by atoms with Crippen LogP contribution in [0.2, 0.25) is 0 Å². The van der Waals surface area contributed by atoms with Gasteiger partial charge in [-0.3, -0.25) is 0 Å². The Hall–Kier alpha value is -0.0800. The van der Waals surface area contributed by atoms with E-state index in [9.17, 15) is 5.11 Å². The molecule has 0 aromatic rings. The summed E-state index contributed by atoms with van der Waals surface area (Å²) < 4.78 is 5.92. The van der Waals surface area contributed by atoms with Crippen molar-refractivity contribution < 1.29 is 9.84 Å². The van der Waals surface area contributed by atoms with Crippen molar-refractivity contribution >= 4 is 0 Å².